The molecule has 0 bridgehead atoms. The first-order chi connectivity index (χ1) is 17.4. The summed E-state index contributed by atoms with van der Waals surface area (Å²) in [6.45, 7) is 0.0394. The second kappa shape index (κ2) is 11.1. The molecule has 10 heteroatoms. The smallest absolute Gasteiger partial charge is 0.282 e. The molecule has 36 heavy (non-hydrogen) atoms. The predicted molar refractivity (Wildman–Crippen MR) is 139 cm³/mol. The molecule has 0 atom stereocenters. The Kier molecular flexibility index (Phi) is 7.74. The quantitative estimate of drug-likeness (QED) is 0.166. The average molecular weight is 554 g/mol. The van der Waals surface area contributed by atoms with Crippen molar-refractivity contribution >= 4 is 39.1 Å². The number of nitrogens with zero attached hydrogens (tertiary/aromatic N) is 2. The summed E-state index contributed by atoms with van der Waals surface area (Å²) in [7, 11) is 4.72. The Bertz CT molecular complexity index is 1430. The third kappa shape index (κ3) is 5.44. The molecule has 3 N–H and O–H groups in total. The van der Waals surface area contributed by atoms with Crippen LogP contribution in [-0.4, -0.2) is 43.5 Å². The van der Waals surface area contributed by atoms with Crippen LogP contribution < -0.4 is 24.2 Å². The number of halogens is 1. The van der Waals surface area contributed by atoms with Crippen LogP contribution in [0.1, 0.15) is 17.0 Å². The maximum absolute atomic E-state index is 12.8. The van der Waals surface area contributed by atoms with Crippen molar-refractivity contribution in [1.29, 1.82) is 0 Å². The van der Waals surface area contributed by atoms with Gasteiger partial charge in [0.25, 0.3) is 11.7 Å². The van der Waals surface area contributed by atoms with E-state index in [0.29, 0.717) is 33.7 Å². The summed E-state index contributed by atoms with van der Waals surface area (Å²) in [5, 5.41) is 14.2. The zero-order valence-electron chi connectivity index (χ0n) is 20.0. The molecule has 4 aromatic rings. The van der Waals surface area contributed by atoms with Crippen LogP contribution >= 0.6 is 15.9 Å². The monoisotopic (exact) mass is 553 g/mol. The minimum absolute atomic E-state index is 0.00277. The summed E-state index contributed by atoms with van der Waals surface area (Å²) in [4.78, 5) is 16.2. The van der Waals surface area contributed by atoms with Gasteiger partial charge in [0.15, 0.2) is 29.1 Å². The van der Waals surface area contributed by atoms with Gasteiger partial charge in [-0.15, -0.1) is 0 Å². The van der Waals surface area contributed by atoms with Gasteiger partial charge in [-0.1, -0.05) is 18.2 Å². The van der Waals surface area contributed by atoms with Crippen LogP contribution in [0, 0.1) is 0 Å². The fourth-order valence-corrected chi connectivity index (χ4v) is 4.31. The van der Waals surface area contributed by atoms with Crippen LogP contribution in [0.15, 0.2) is 64.2 Å². The van der Waals surface area contributed by atoms with Crippen LogP contribution in [0.5, 0.6) is 23.0 Å². The first-order valence-electron chi connectivity index (χ1n) is 11.0. The Morgan fingerprint density at radius 1 is 1.08 bits per heavy atom. The highest BCUT2D eigenvalue weighted by molar-refractivity contribution is 9.10. The number of para-hydroxylation sites is 2. The van der Waals surface area contributed by atoms with Crippen molar-refractivity contribution in [2.45, 2.75) is 13.0 Å². The lowest BCUT2D eigenvalue weighted by molar-refractivity contribution is -0.665. The first-order valence-corrected chi connectivity index (χ1v) is 11.8. The van der Waals surface area contributed by atoms with E-state index in [2.05, 4.69) is 31.4 Å². The Morgan fingerprint density at radius 2 is 1.86 bits per heavy atom. The lowest BCUT2D eigenvalue weighted by Gasteiger charge is -2.09. The Hall–Kier alpha value is -4.05. The highest BCUT2D eigenvalue weighted by atomic mass is 79.9. The van der Waals surface area contributed by atoms with Crippen LogP contribution in [0.25, 0.3) is 11.0 Å². The highest BCUT2D eigenvalue weighted by Gasteiger charge is 2.21. The van der Waals surface area contributed by atoms with Gasteiger partial charge in [0.2, 0.25) is 0 Å². The number of nitrogens with one attached hydrogen (secondary N) is 2. The number of methoxy groups -OCH3 is 3. The van der Waals surface area contributed by atoms with Gasteiger partial charge < -0.3 is 19.3 Å². The zero-order chi connectivity index (χ0) is 25.7. The number of hydrazone groups is 1. The number of imidazole rings is 1. The van der Waals surface area contributed by atoms with E-state index in [1.807, 2.05) is 47.0 Å². The van der Waals surface area contributed by atoms with Crippen molar-refractivity contribution in [3.8, 4) is 23.0 Å². The van der Waals surface area contributed by atoms with E-state index < -0.39 is 0 Å². The number of ether oxygens (including phenoxy) is 3. The van der Waals surface area contributed by atoms with E-state index in [1.165, 1.54) is 13.3 Å². The third-order valence-electron chi connectivity index (χ3n) is 5.62. The highest BCUT2D eigenvalue weighted by Crippen LogP contribution is 2.31. The van der Waals surface area contributed by atoms with Crippen molar-refractivity contribution in [2.75, 3.05) is 21.3 Å². The number of amides is 1. The molecule has 186 valence electrons. The molecule has 0 aliphatic rings. The number of carbonyl (C=O) groups is 1. The van der Waals surface area contributed by atoms with Gasteiger partial charge in [0.05, 0.1) is 38.4 Å². The van der Waals surface area contributed by atoms with E-state index in [-0.39, 0.29) is 18.2 Å². The molecule has 9 nitrogen and oxygen atoms in total. The fourth-order valence-electron chi connectivity index (χ4n) is 3.85. The van der Waals surface area contributed by atoms with Gasteiger partial charge in [0, 0.05) is 5.56 Å². The molecule has 0 radical (unpaired) electrons. The summed E-state index contributed by atoms with van der Waals surface area (Å²) < 4.78 is 18.3. The van der Waals surface area contributed by atoms with E-state index in [0.717, 1.165) is 22.4 Å². The van der Waals surface area contributed by atoms with Gasteiger partial charge in [-0.05, 0) is 57.9 Å². The molecule has 0 unspecified atom stereocenters. The van der Waals surface area contributed by atoms with Crippen LogP contribution in [0.2, 0.25) is 0 Å². The maximum atomic E-state index is 12.8. The molecule has 0 fully saturated rings. The summed E-state index contributed by atoms with van der Waals surface area (Å²) in [6, 6.07) is 16.8. The topological polar surface area (TPSA) is 109 Å². The zero-order valence-corrected chi connectivity index (χ0v) is 21.6. The van der Waals surface area contributed by atoms with E-state index in [4.69, 9.17) is 14.2 Å². The fraction of sp³-hybridized carbons (Fsp3) is 0.192. The molecule has 3 aromatic carbocycles. The van der Waals surface area contributed by atoms with Crippen molar-refractivity contribution in [1.82, 2.24) is 10.4 Å². The third-order valence-corrected chi connectivity index (χ3v) is 6.22. The van der Waals surface area contributed by atoms with Crippen molar-refractivity contribution < 1.29 is 28.7 Å². The molecule has 0 aliphatic heterocycles. The normalized spacial score (nSPS) is 11.1. The summed E-state index contributed by atoms with van der Waals surface area (Å²) >= 11 is 3.27. The molecule has 0 aliphatic carbocycles. The number of phenolic OH excluding ortho intramolecular Hbond substituents is 1. The van der Waals surface area contributed by atoms with Crippen molar-refractivity contribution in [3.63, 3.8) is 0 Å². The Morgan fingerprint density at radius 3 is 2.61 bits per heavy atom. The summed E-state index contributed by atoms with van der Waals surface area (Å²) in [5.74, 6) is 2.35. The van der Waals surface area contributed by atoms with Gasteiger partial charge in [-0.2, -0.15) is 5.10 Å². The predicted octanol–water partition coefficient (Wildman–Crippen LogP) is 3.69. The minimum Gasteiger partial charge on any atom is -0.506 e. The Balaban J connectivity index is 1.56. The molecule has 4 rings (SSSR count). The molecule has 1 heterocycles. The Labute approximate surface area is 216 Å². The number of carbonyl (C=O) groups excluding carboxylic acids is 1. The number of aromatic amines is 1. The van der Waals surface area contributed by atoms with Gasteiger partial charge in [-0.25, -0.2) is 15.0 Å². The number of fused-ring (bicyclic) bond motifs is 1. The number of aromatic nitrogens is 2. The molecular formula is C26H26BrN4O5+. The summed E-state index contributed by atoms with van der Waals surface area (Å²) in [5.41, 5.74) is 5.73. The van der Waals surface area contributed by atoms with E-state index in [1.54, 1.807) is 26.4 Å². The van der Waals surface area contributed by atoms with Gasteiger partial charge in [-0.3, -0.25) is 4.79 Å². The largest absolute Gasteiger partial charge is 0.506 e. The first kappa shape index (κ1) is 25.1. The number of benzene rings is 3. The van der Waals surface area contributed by atoms with E-state index >= 15 is 0 Å². The lowest BCUT2D eigenvalue weighted by atomic mass is 10.1. The van der Waals surface area contributed by atoms with E-state index in [9.17, 15) is 9.90 Å². The number of H-pyrrole nitrogens is 1. The van der Waals surface area contributed by atoms with Crippen LogP contribution in [0.4, 0.5) is 0 Å². The standard InChI is InChI=1S/C26H25BrN4O5/c1-34-18-12-17(26(33)19(27)13-18)14-28-30-25(32)15-31-21-7-5-4-6-20(21)29-24(31)11-16-8-9-22(35-2)23(10-16)36-3/h4-10,12-14H,11,15H2,1-3H3,(H2,28,30,32,33)/p+1. The number of rotatable bonds is 9. The molecule has 1 aromatic heterocycles. The number of hydrogen-bond acceptors (Lipinski definition) is 6. The molecule has 0 saturated carbocycles. The second-order valence-corrected chi connectivity index (χ2v) is 8.74. The van der Waals surface area contributed by atoms with Crippen molar-refractivity contribution in [3.05, 3.63) is 76.0 Å². The van der Waals surface area contributed by atoms with Crippen molar-refractivity contribution in [2.24, 2.45) is 5.10 Å². The van der Waals surface area contributed by atoms with Crippen LogP contribution in [0.3, 0.4) is 0 Å². The lowest BCUT2D eigenvalue weighted by Crippen LogP contribution is -2.44. The maximum Gasteiger partial charge on any atom is 0.282 e. The number of hydrogen-bond donors (Lipinski definition) is 3. The minimum atomic E-state index is -0.323. The molecule has 0 saturated heterocycles. The number of aromatic hydroxyl groups is 1. The molecule has 0 spiro atoms. The molecular weight excluding hydrogens is 528 g/mol. The second-order valence-electron chi connectivity index (χ2n) is 7.88. The number of phenols is 1. The van der Waals surface area contributed by atoms with Crippen LogP contribution in [-0.2, 0) is 17.8 Å². The average Bonchev–Trinajstić information content (AvgIpc) is 3.22. The summed E-state index contributed by atoms with van der Waals surface area (Å²) in [6.07, 6.45) is 1.91. The van der Waals surface area contributed by atoms with Gasteiger partial charge >= 0.3 is 0 Å². The molecule has 1 amide bonds. The van der Waals surface area contributed by atoms with Gasteiger partial charge in [0.1, 0.15) is 11.5 Å². The SMILES string of the molecule is COc1cc(Br)c(O)c(/C=N/NC(=O)C[n+]2c(Cc3ccc(OC)c(OC)c3)[nH]c3ccccc32)c1.